The van der Waals surface area contributed by atoms with Crippen molar-refractivity contribution in [2.45, 2.75) is 19.3 Å². The van der Waals surface area contributed by atoms with Crippen molar-refractivity contribution in [1.82, 2.24) is 0 Å². The Balaban J connectivity index is 1.97. The molecule has 0 bridgehead atoms. The summed E-state index contributed by atoms with van der Waals surface area (Å²) in [5, 5.41) is 0. The van der Waals surface area contributed by atoms with Crippen molar-refractivity contribution in [2.24, 2.45) is 17.6 Å². The van der Waals surface area contributed by atoms with E-state index >= 15 is 0 Å². The van der Waals surface area contributed by atoms with Crippen LogP contribution in [-0.2, 0) is 6.42 Å². The van der Waals surface area contributed by atoms with Crippen LogP contribution in [0.1, 0.15) is 18.4 Å². The molecule has 1 aromatic rings. The zero-order valence-electron chi connectivity index (χ0n) is 8.25. The van der Waals surface area contributed by atoms with E-state index in [1.54, 1.807) is 0 Å². The number of halogens is 1. The quantitative estimate of drug-likeness (QED) is 0.881. The van der Waals surface area contributed by atoms with Crippen LogP contribution in [0, 0.1) is 11.8 Å². The van der Waals surface area contributed by atoms with Crippen LogP contribution in [0.4, 0.5) is 0 Å². The third-order valence-corrected chi connectivity index (χ3v) is 3.76. The highest BCUT2D eigenvalue weighted by atomic mass is 79.9. The van der Waals surface area contributed by atoms with Gasteiger partial charge < -0.3 is 5.73 Å². The molecular formula is C12H16BrN. The molecule has 0 amide bonds. The molecule has 1 nitrogen and oxygen atoms in total. The van der Waals surface area contributed by atoms with Gasteiger partial charge in [-0.1, -0.05) is 28.1 Å². The first kappa shape index (κ1) is 10.2. The molecule has 1 aliphatic carbocycles. The summed E-state index contributed by atoms with van der Waals surface area (Å²) in [6.07, 6.45) is 3.88. The molecule has 1 aliphatic rings. The van der Waals surface area contributed by atoms with Crippen LogP contribution in [0.3, 0.4) is 0 Å². The first-order chi connectivity index (χ1) is 6.79. The molecule has 2 N–H and O–H groups in total. The van der Waals surface area contributed by atoms with Gasteiger partial charge in [0.1, 0.15) is 0 Å². The van der Waals surface area contributed by atoms with E-state index < -0.39 is 0 Å². The smallest absolute Gasteiger partial charge is 0.0177 e. The summed E-state index contributed by atoms with van der Waals surface area (Å²) in [7, 11) is 0. The van der Waals surface area contributed by atoms with Gasteiger partial charge in [-0.2, -0.15) is 0 Å². The third kappa shape index (κ3) is 2.18. The summed E-state index contributed by atoms with van der Waals surface area (Å²) in [4.78, 5) is 0. The van der Waals surface area contributed by atoms with Gasteiger partial charge in [-0.15, -0.1) is 0 Å². The lowest BCUT2D eigenvalue weighted by molar-refractivity contribution is 0.183. The zero-order valence-corrected chi connectivity index (χ0v) is 9.83. The van der Waals surface area contributed by atoms with Crippen LogP contribution in [0.2, 0.25) is 0 Å². The Bertz CT molecular complexity index is 309. The first-order valence-corrected chi connectivity index (χ1v) is 6.03. The van der Waals surface area contributed by atoms with Crippen molar-refractivity contribution < 1.29 is 0 Å². The van der Waals surface area contributed by atoms with Crippen molar-refractivity contribution in [2.75, 3.05) is 6.54 Å². The summed E-state index contributed by atoms with van der Waals surface area (Å²) in [6.45, 7) is 0.860. The summed E-state index contributed by atoms with van der Waals surface area (Å²) in [6, 6.07) is 8.60. The van der Waals surface area contributed by atoms with E-state index in [4.69, 9.17) is 5.73 Å². The molecule has 0 spiro atoms. The molecule has 0 saturated heterocycles. The molecule has 76 valence electrons. The molecule has 0 radical (unpaired) electrons. The standard InChI is InChI=1S/C12H16BrN/c13-12-3-1-2-9(7-12)6-10-4-5-11(10)8-14/h1-3,7,10-11H,4-6,8,14H2. The van der Waals surface area contributed by atoms with Crippen LogP contribution in [0.15, 0.2) is 28.7 Å². The largest absolute Gasteiger partial charge is 0.330 e. The van der Waals surface area contributed by atoms with Gasteiger partial charge in [-0.05, 0) is 55.3 Å². The van der Waals surface area contributed by atoms with Gasteiger partial charge in [0.25, 0.3) is 0 Å². The van der Waals surface area contributed by atoms with Crippen molar-refractivity contribution in [3.8, 4) is 0 Å². The summed E-state index contributed by atoms with van der Waals surface area (Å²) in [5.41, 5.74) is 7.13. The van der Waals surface area contributed by atoms with E-state index in [1.807, 2.05) is 0 Å². The summed E-state index contributed by atoms with van der Waals surface area (Å²) in [5.74, 6) is 1.60. The second-order valence-corrected chi connectivity index (χ2v) is 5.08. The Morgan fingerprint density at radius 1 is 1.29 bits per heavy atom. The number of hydrogen-bond acceptors (Lipinski definition) is 1. The maximum Gasteiger partial charge on any atom is 0.0177 e. The predicted octanol–water partition coefficient (Wildman–Crippen LogP) is 2.98. The van der Waals surface area contributed by atoms with E-state index in [0.29, 0.717) is 0 Å². The number of benzene rings is 1. The molecule has 2 rings (SSSR count). The van der Waals surface area contributed by atoms with Gasteiger partial charge in [0.15, 0.2) is 0 Å². The molecule has 1 aromatic carbocycles. The third-order valence-electron chi connectivity index (χ3n) is 3.26. The number of nitrogens with two attached hydrogens (primary N) is 1. The fourth-order valence-corrected chi connectivity index (χ4v) is 2.63. The van der Waals surface area contributed by atoms with Crippen LogP contribution >= 0.6 is 15.9 Å². The van der Waals surface area contributed by atoms with Crippen LogP contribution < -0.4 is 5.73 Å². The molecule has 14 heavy (non-hydrogen) atoms. The fourth-order valence-electron chi connectivity index (χ4n) is 2.18. The van der Waals surface area contributed by atoms with Crippen LogP contribution in [0.25, 0.3) is 0 Å². The molecule has 2 unspecified atom stereocenters. The Morgan fingerprint density at radius 3 is 2.64 bits per heavy atom. The maximum atomic E-state index is 5.70. The maximum absolute atomic E-state index is 5.70. The molecule has 1 saturated carbocycles. The second kappa shape index (κ2) is 4.45. The van der Waals surface area contributed by atoms with Crippen LogP contribution in [-0.4, -0.2) is 6.54 Å². The molecule has 1 fully saturated rings. The van der Waals surface area contributed by atoms with E-state index in [2.05, 4.69) is 40.2 Å². The molecule has 0 aromatic heterocycles. The van der Waals surface area contributed by atoms with Crippen molar-refractivity contribution in [3.05, 3.63) is 34.3 Å². The van der Waals surface area contributed by atoms with Crippen molar-refractivity contribution >= 4 is 15.9 Å². The van der Waals surface area contributed by atoms with Gasteiger partial charge >= 0.3 is 0 Å². The molecule has 0 aliphatic heterocycles. The Hall–Kier alpha value is -0.340. The zero-order chi connectivity index (χ0) is 9.97. The average Bonchev–Trinajstić information content (AvgIpc) is 2.14. The number of rotatable bonds is 3. The monoisotopic (exact) mass is 253 g/mol. The molecule has 2 heteroatoms. The van der Waals surface area contributed by atoms with E-state index in [9.17, 15) is 0 Å². The highest BCUT2D eigenvalue weighted by Gasteiger charge is 2.29. The summed E-state index contributed by atoms with van der Waals surface area (Å²) >= 11 is 3.50. The van der Waals surface area contributed by atoms with Gasteiger partial charge in [0, 0.05) is 4.47 Å². The first-order valence-electron chi connectivity index (χ1n) is 5.24. The minimum atomic E-state index is 0.772. The van der Waals surface area contributed by atoms with E-state index in [1.165, 1.54) is 29.3 Å². The Labute approximate surface area is 93.8 Å². The predicted molar refractivity (Wildman–Crippen MR) is 63.1 cm³/mol. The molecular weight excluding hydrogens is 238 g/mol. The van der Waals surface area contributed by atoms with E-state index in [0.717, 1.165) is 18.4 Å². The van der Waals surface area contributed by atoms with Gasteiger partial charge in [0.2, 0.25) is 0 Å². The minimum absolute atomic E-state index is 0.772. The van der Waals surface area contributed by atoms with Gasteiger partial charge in [-0.25, -0.2) is 0 Å². The van der Waals surface area contributed by atoms with Gasteiger partial charge in [-0.3, -0.25) is 0 Å². The lowest BCUT2D eigenvalue weighted by atomic mass is 9.71. The number of hydrogen-bond donors (Lipinski definition) is 1. The topological polar surface area (TPSA) is 26.0 Å². The van der Waals surface area contributed by atoms with E-state index in [-0.39, 0.29) is 0 Å². The fraction of sp³-hybridized carbons (Fsp3) is 0.500. The highest BCUT2D eigenvalue weighted by molar-refractivity contribution is 9.10. The molecule has 0 heterocycles. The lowest BCUT2D eigenvalue weighted by Gasteiger charge is -2.36. The Kier molecular flexibility index (Phi) is 3.24. The normalized spacial score (nSPS) is 25.9. The second-order valence-electron chi connectivity index (χ2n) is 4.17. The van der Waals surface area contributed by atoms with Crippen LogP contribution in [0.5, 0.6) is 0 Å². The minimum Gasteiger partial charge on any atom is -0.330 e. The summed E-state index contributed by atoms with van der Waals surface area (Å²) < 4.78 is 1.18. The lowest BCUT2D eigenvalue weighted by Crippen LogP contribution is -2.33. The molecule has 2 atom stereocenters. The van der Waals surface area contributed by atoms with Gasteiger partial charge in [0.05, 0.1) is 0 Å². The SMILES string of the molecule is NCC1CCC1Cc1cccc(Br)c1. The van der Waals surface area contributed by atoms with Crippen molar-refractivity contribution in [3.63, 3.8) is 0 Å². The highest BCUT2D eigenvalue weighted by Crippen LogP contribution is 2.36. The Morgan fingerprint density at radius 2 is 2.07 bits per heavy atom. The average molecular weight is 254 g/mol. The van der Waals surface area contributed by atoms with Crippen molar-refractivity contribution in [1.29, 1.82) is 0 Å².